The molecule has 0 radical (unpaired) electrons. The molecule has 1 unspecified atom stereocenters. The van der Waals surface area contributed by atoms with Crippen molar-refractivity contribution < 1.29 is 18.0 Å². The summed E-state index contributed by atoms with van der Waals surface area (Å²) in [4.78, 5) is 27.3. The van der Waals surface area contributed by atoms with Crippen LogP contribution in [0, 0.1) is 3.57 Å². The normalized spacial score (nSPS) is 12.2. The summed E-state index contributed by atoms with van der Waals surface area (Å²) in [5, 5.41) is 3.26. The Morgan fingerprint density at radius 1 is 1.09 bits per heavy atom. The predicted octanol–water partition coefficient (Wildman–Crippen LogP) is 3.92. The summed E-state index contributed by atoms with van der Waals surface area (Å²) in [6, 6.07) is 10.9. The van der Waals surface area contributed by atoms with Gasteiger partial charge in [-0.3, -0.25) is 13.9 Å². The molecule has 7 nitrogen and oxygen atoms in total. The van der Waals surface area contributed by atoms with Gasteiger partial charge in [0, 0.05) is 17.2 Å². The number of likely N-dealkylation sites (N-methyl/N-ethyl adjacent to an activating group) is 1. The van der Waals surface area contributed by atoms with Gasteiger partial charge in [-0.05, 0) is 71.0 Å². The summed E-state index contributed by atoms with van der Waals surface area (Å²) in [7, 11) is -2.27. The molecule has 11 heteroatoms. The van der Waals surface area contributed by atoms with Crippen LogP contribution in [0.2, 0.25) is 10.0 Å². The fourth-order valence-electron chi connectivity index (χ4n) is 3.14. The summed E-state index contributed by atoms with van der Waals surface area (Å²) in [6.07, 6.45) is 1.38. The lowest BCUT2D eigenvalue weighted by molar-refractivity contribution is -0.140. The number of nitrogens with one attached hydrogen (secondary N) is 1. The first-order valence-electron chi connectivity index (χ1n) is 9.66. The molecule has 0 spiro atoms. The maximum Gasteiger partial charge on any atom is 0.244 e. The molecule has 0 aliphatic carbocycles. The average molecular weight is 612 g/mol. The molecule has 0 bridgehead atoms. The van der Waals surface area contributed by atoms with Crippen molar-refractivity contribution in [3.63, 3.8) is 0 Å². The highest BCUT2D eigenvalue weighted by atomic mass is 127. The monoisotopic (exact) mass is 611 g/mol. The van der Waals surface area contributed by atoms with Crippen molar-refractivity contribution >= 4 is 73.3 Å². The van der Waals surface area contributed by atoms with Crippen LogP contribution >= 0.6 is 45.8 Å². The standard InChI is InChI=1S/C21H24Cl2IN3O4S/c1-4-19(21(29)25-2)26(12-14-5-10-17(22)18(23)11-14)20(28)13-27(32(3,30)31)16-8-6-15(24)7-9-16/h5-11,19H,4,12-13H2,1-3H3,(H,25,29). The van der Waals surface area contributed by atoms with Crippen LogP contribution < -0.4 is 9.62 Å². The second-order valence-corrected chi connectivity index (χ2v) is 11.0. The summed E-state index contributed by atoms with van der Waals surface area (Å²) in [6.45, 7) is 1.39. The van der Waals surface area contributed by atoms with Gasteiger partial charge in [-0.2, -0.15) is 0 Å². The number of rotatable bonds is 9. The van der Waals surface area contributed by atoms with Crippen LogP contribution in [0.4, 0.5) is 5.69 Å². The van der Waals surface area contributed by atoms with E-state index in [0.717, 1.165) is 14.1 Å². The Morgan fingerprint density at radius 2 is 1.72 bits per heavy atom. The molecular formula is C21H24Cl2IN3O4S. The zero-order valence-corrected chi connectivity index (χ0v) is 22.3. The molecule has 2 rings (SSSR count). The van der Waals surface area contributed by atoms with E-state index >= 15 is 0 Å². The molecule has 0 aromatic heterocycles. The number of benzene rings is 2. The minimum absolute atomic E-state index is 0.0614. The summed E-state index contributed by atoms with van der Waals surface area (Å²) in [5.74, 6) is -0.864. The van der Waals surface area contributed by atoms with E-state index in [-0.39, 0.29) is 12.5 Å². The Hall–Kier alpha value is -1.56. The third-order valence-corrected chi connectivity index (χ3v) is 7.36. The lowest BCUT2D eigenvalue weighted by Gasteiger charge is -2.32. The fourth-order valence-corrected chi connectivity index (χ4v) is 4.67. The largest absolute Gasteiger partial charge is 0.357 e. The smallest absolute Gasteiger partial charge is 0.244 e. The number of hydrogen-bond donors (Lipinski definition) is 1. The van der Waals surface area contributed by atoms with Crippen LogP contribution in [0.1, 0.15) is 18.9 Å². The number of anilines is 1. The Labute approximate surface area is 212 Å². The van der Waals surface area contributed by atoms with Gasteiger partial charge >= 0.3 is 0 Å². The highest BCUT2D eigenvalue weighted by Gasteiger charge is 2.31. The third-order valence-electron chi connectivity index (χ3n) is 4.76. The zero-order valence-electron chi connectivity index (χ0n) is 17.8. The average Bonchev–Trinajstić information content (AvgIpc) is 2.74. The molecule has 0 aliphatic heterocycles. The van der Waals surface area contributed by atoms with Crippen molar-refractivity contribution in [3.8, 4) is 0 Å². The van der Waals surface area contributed by atoms with E-state index in [1.165, 1.54) is 11.9 Å². The second-order valence-electron chi connectivity index (χ2n) is 7.05. The number of sulfonamides is 1. The van der Waals surface area contributed by atoms with Crippen LogP contribution in [0.3, 0.4) is 0 Å². The topological polar surface area (TPSA) is 86.8 Å². The molecule has 174 valence electrons. The minimum atomic E-state index is -3.76. The van der Waals surface area contributed by atoms with Crippen LogP contribution in [0.15, 0.2) is 42.5 Å². The number of amides is 2. The van der Waals surface area contributed by atoms with E-state index < -0.39 is 28.5 Å². The molecule has 2 aromatic carbocycles. The first-order valence-corrected chi connectivity index (χ1v) is 13.3. The first-order chi connectivity index (χ1) is 15.0. The number of hydrogen-bond acceptors (Lipinski definition) is 4. The van der Waals surface area contributed by atoms with Crippen LogP contribution in [-0.2, 0) is 26.2 Å². The van der Waals surface area contributed by atoms with E-state index in [0.29, 0.717) is 27.7 Å². The minimum Gasteiger partial charge on any atom is -0.357 e. The predicted molar refractivity (Wildman–Crippen MR) is 137 cm³/mol. The molecule has 1 N–H and O–H groups in total. The van der Waals surface area contributed by atoms with Gasteiger partial charge in [0.2, 0.25) is 21.8 Å². The lowest BCUT2D eigenvalue weighted by atomic mass is 10.1. The Balaban J connectivity index is 2.43. The van der Waals surface area contributed by atoms with Crippen LogP contribution in [-0.4, -0.2) is 51.0 Å². The molecule has 32 heavy (non-hydrogen) atoms. The van der Waals surface area contributed by atoms with E-state index in [9.17, 15) is 18.0 Å². The van der Waals surface area contributed by atoms with E-state index in [1.807, 2.05) is 0 Å². The number of nitrogens with zero attached hydrogens (tertiary/aromatic N) is 2. The van der Waals surface area contributed by atoms with Gasteiger partial charge in [0.25, 0.3) is 0 Å². The summed E-state index contributed by atoms with van der Waals surface area (Å²) < 4.78 is 26.9. The Morgan fingerprint density at radius 3 is 2.22 bits per heavy atom. The van der Waals surface area contributed by atoms with Crippen LogP contribution in [0.5, 0.6) is 0 Å². The summed E-state index contributed by atoms with van der Waals surface area (Å²) in [5.41, 5.74) is 1.03. The number of halogens is 3. The van der Waals surface area contributed by atoms with Crippen molar-refractivity contribution in [2.75, 3.05) is 24.2 Å². The van der Waals surface area contributed by atoms with E-state index in [2.05, 4.69) is 27.9 Å². The van der Waals surface area contributed by atoms with E-state index in [4.69, 9.17) is 23.2 Å². The van der Waals surface area contributed by atoms with Crippen molar-refractivity contribution in [3.05, 3.63) is 61.6 Å². The molecule has 0 heterocycles. The SMILES string of the molecule is CCC(C(=O)NC)N(Cc1ccc(Cl)c(Cl)c1)C(=O)CN(c1ccc(I)cc1)S(C)(=O)=O. The molecule has 0 saturated carbocycles. The number of carbonyl (C=O) groups excluding carboxylic acids is 2. The quantitative estimate of drug-likeness (QED) is 0.436. The van der Waals surface area contributed by atoms with E-state index in [1.54, 1.807) is 49.4 Å². The first kappa shape index (κ1) is 26.7. The van der Waals surface area contributed by atoms with Crippen molar-refractivity contribution in [1.29, 1.82) is 0 Å². The zero-order chi connectivity index (χ0) is 24.1. The molecule has 1 atom stereocenters. The molecular weight excluding hydrogens is 588 g/mol. The molecule has 0 aliphatic rings. The fraction of sp³-hybridized carbons (Fsp3) is 0.333. The van der Waals surface area contributed by atoms with Crippen LogP contribution in [0.25, 0.3) is 0 Å². The molecule has 0 fully saturated rings. The van der Waals surface area contributed by atoms with Crippen molar-refractivity contribution in [2.45, 2.75) is 25.9 Å². The lowest BCUT2D eigenvalue weighted by Crippen LogP contribution is -2.51. The molecule has 2 amide bonds. The number of carbonyl (C=O) groups is 2. The second kappa shape index (κ2) is 11.5. The summed E-state index contributed by atoms with van der Waals surface area (Å²) >= 11 is 14.2. The Kier molecular flexibility index (Phi) is 9.62. The van der Waals surface area contributed by atoms with Gasteiger partial charge < -0.3 is 10.2 Å². The van der Waals surface area contributed by atoms with Gasteiger partial charge in [0.05, 0.1) is 22.0 Å². The van der Waals surface area contributed by atoms with Gasteiger partial charge in [0.1, 0.15) is 12.6 Å². The van der Waals surface area contributed by atoms with Gasteiger partial charge in [-0.25, -0.2) is 8.42 Å². The van der Waals surface area contributed by atoms with Gasteiger partial charge in [-0.1, -0.05) is 36.2 Å². The van der Waals surface area contributed by atoms with Crippen molar-refractivity contribution in [1.82, 2.24) is 10.2 Å². The maximum atomic E-state index is 13.4. The highest BCUT2D eigenvalue weighted by Crippen LogP contribution is 2.25. The molecule has 0 saturated heterocycles. The van der Waals surface area contributed by atoms with Crippen molar-refractivity contribution in [2.24, 2.45) is 0 Å². The highest BCUT2D eigenvalue weighted by molar-refractivity contribution is 14.1. The maximum absolute atomic E-state index is 13.4. The third kappa shape index (κ3) is 6.97. The van der Waals surface area contributed by atoms with Gasteiger partial charge in [-0.15, -0.1) is 0 Å². The molecule has 2 aromatic rings. The van der Waals surface area contributed by atoms with Gasteiger partial charge in [0.15, 0.2) is 0 Å². The Bertz CT molecular complexity index is 1080.